The van der Waals surface area contributed by atoms with Crippen LogP contribution < -0.4 is 4.90 Å². The maximum atomic E-state index is 9.17. The van der Waals surface area contributed by atoms with Crippen LogP contribution in [0.25, 0.3) is 54.2 Å². The second kappa shape index (κ2) is 11.3. The zero-order chi connectivity index (χ0) is 31.0. The van der Waals surface area contributed by atoms with Gasteiger partial charge in [0, 0.05) is 37.2 Å². The van der Waals surface area contributed by atoms with Gasteiger partial charge < -0.3 is 4.90 Å². The minimum Gasteiger partial charge on any atom is -0.311 e. The zero-order valence-electron chi connectivity index (χ0n) is 25.9. The van der Waals surface area contributed by atoms with Crippen molar-refractivity contribution in [3.8, 4) is 11.1 Å². The lowest BCUT2D eigenvalue weighted by Gasteiger charge is -2.25. The Bertz CT molecular complexity index is 2340. The van der Waals surface area contributed by atoms with Gasteiger partial charge in [0.2, 0.25) is 0 Å². The number of hydrogen-bond donors (Lipinski definition) is 0. The van der Waals surface area contributed by atoms with Crippen LogP contribution in [-0.4, -0.2) is 0 Å². The average Bonchev–Trinajstić information content (AvgIpc) is 3.50. The first-order chi connectivity index (χ1) is 22.7. The van der Waals surface area contributed by atoms with Crippen LogP contribution in [0.5, 0.6) is 0 Å². The number of nitrogens with zero attached hydrogens (tertiary/aromatic N) is 1. The Morgan fingerprint density at radius 3 is 1.77 bits per heavy atom. The van der Waals surface area contributed by atoms with Crippen molar-refractivity contribution in [3.63, 3.8) is 0 Å². The Morgan fingerprint density at radius 1 is 0.455 bits per heavy atom. The molecule has 0 atom stereocenters. The van der Waals surface area contributed by atoms with Crippen molar-refractivity contribution in [1.82, 2.24) is 0 Å². The molecule has 8 aromatic rings. The van der Waals surface area contributed by atoms with Gasteiger partial charge in [-0.1, -0.05) is 127 Å². The van der Waals surface area contributed by atoms with Crippen LogP contribution in [-0.2, 0) is 0 Å². The predicted molar refractivity (Wildman–Crippen MR) is 192 cm³/mol. The van der Waals surface area contributed by atoms with Crippen molar-refractivity contribution in [2.45, 2.75) is 0 Å². The molecule has 0 unspecified atom stereocenters. The Morgan fingerprint density at radius 2 is 1.05 bits per heavy atom. The minimum atomic E-state index is 0.196. The molecule has 1 aromatic heterocycles. The van der Waals surface area contributed by atoms with Crippen molar-refractivity contribution >= 4 is 71.4 Å². The maximum absolute atomic E-state index is 9.17. The number of rotatable bonds is 6. The molecule has 0 bridgehead atoms. The van der Waals surface area contributed by atoms with Gasteiger partial charge in [-0.05, 0) is 81.6 Å². The normalized spacial score (nSPS) is 12.6. The van der Waals surface area contributed by atoms with Crippen LogP contribution in [0.2, 0.25) is 0 Å². The number of thiophene rings is 1. The minimum absolute atomic E-state index is 0.196. The summed E-state index contributed by atoms with van der Waals surface area (Å²) in [6, 6.07) is 56.5. The average molecular weight is 582 g/mol. The van der Waals surface area contributed by atoms with Crippen LogP contribution in [0.4, 0.5) is 17.1 Å². The number of hydrogen-bond acceptors (Lipinski definition) is 2. The van der Waals surface area contributed by atoms with Gasteiger partial charge in [0.25, 0.3) is 0 Å². The molecule has 0 saturated carbocycles. The van der Waals surface area contributed by atoms with Crippen molar-refractivity contribution in [3.05, 3.63) is 175 Å². The van der Waals surface area contributed by atoms with Crippen LogP contribution in [0, 0.1) is 0 Å². The van der Waals surface area contributed by atoms with Crippen molar-refractivity contribution in [1.29, 1.82) is 0 Å². The van der Waals surface area contributed by atoms with Crippen LogP contribution in [0.1, 0.15) is 13.9 Å². The number of para-hydroxylation sites is 2. The summed E-state index contributed by atoms with van der Waals surface area (Å²) < 4.78 is 20.8. The highest BCUT2D eigenvalue weighted by Crippen LogP contribution is 2.39. The van der Waals surface area contributed by atoms with E-state index in [4.69, 9.17) is 1.37 Å². The Balaban J connectivity index is 1.17. The number of fused-ring (bicyclic) bond motifs is 4. The SMILES string of the molecule is [2H]/C(=C(/[2H])c1ccc(-c2ccc3c(c2)sc2ccccc23)c2ccccc12)c1ccc(N(c2ccccc2)c2ccccc2)cc1. The monoisotopic (exact) mass is 581 g/mol. The van der Waals surface area contributed by atoms with Crippen molar-refractivity contribution in [2.24, 2.45) is 0 Å². The molecule has 0 radical (unpaired) electrons. The van der Waals surface area contributed by atoms with E-state index in [0.717, 1.165) is 44.5 Å². The third-order valence-corrected chi connectivity index (χ3v) is 9.24. The molecular formula is C42H29NS. The van der Waals surface area contributed by atoms with E-state index in [-0.39, 0.29) is 12.1 Å². The third kappa shape index (κ3) is 4.86. The lowest BCUT2D eigenvalue weighted by Crippen LogP contribution is -2.09. The molecule has 1 heterocycles. The Labute approximate surface area is 264 Å². The third-order valence-electron chi connectivity index (χ3n) is 8.11. The number of benzene rings is 7. The lowest BCUT2D eigenvalue weighted by molar-refractivity contribution is 1.28. The summed E-state index contributed by atoms with van der Waals surface area (Å²) in [5.41, 5.74) is 6.85. The fourth-order valence-electron chi connectivity index (χ4n) is 5.99. The highest BCUT2D eigenvalue weighted by molar-refractivity contribution is 7.25. The molecule has 2 heteroatoms. The van der Waals surface area contributed by atoms with Crippen LogP contribution >= 0.6 is 11.3 Å². The van der Waals surface area contributed by atoms with Crippen LogP contribution in [0.3, 0.4) is 0 Å². The topological polar surface area (TPSA) is 3.24 Å². The predicted octanol–water partition coefficient (Wildman–Crippen LogP) is 12.5. The molecule has 0 spiro atoms. The molecule has 0 aliphatic rings. The molecule has 208 valence electrons. The first-order valence-electron chi connectivity index (χ1n) is 15.8. The number of anilines is 3. The Kier molecular flexibility index (Phi) is 6.19. The highest BCUT2D eigenvalue weighted by atomic mass is 32.1. The van der Waals surface area contributed by atoms with Gasteiger partial charge in [-0.2, -0.15) is 0 Å². The van der Waals surface area contributed by atoms with E-state index in [0.29, 0.717) is 5.56 Å². The van der Waals surface area contributed by atoms with Gasteiger partial charge in [0.05, 0.1) is 2.74 Å². The summed E-state index contributed by atoms with van der Waals surface area (Å²) >= 11 is 1.82. The maximum Gasteiger partial charge on any atom is 0.0629 e. The summed E-state index contributed by atoms with van der Waals surface area (Å²) in [4.78, 5) is 2.20. The van der Waals surface area contributed by atoms with Gasteiger partial charge in [0.1, 0.15) is 0 Å². The second-order valence-corrected chi connectivity index (χ2v) is 11.9. The van der Waals surface area contributed by atoms with E-state index in [1.807, 2.05) is 90.2 Å². The largest absolute Gasteiger partial charge is 0.311 e. The first kappa shape index (κ1) is 24.0. The molecule has 0 amide bonds. The quantitative estimate of drug-likeness (QED) is 0.177. The molecule has 0 aliphatic carbocycles. The summed E-state index contributed by atoms with van der Waals surface area (Å²) in [6.45, 7) is 0. The second-order valence-electron chi connectivity index (χ2n) is 10.8. The van der Waals surface area contributed by atoms with E-state index < -0.39 is 0 Å². The van der Waals surface area contributed by atoms with E-state index in [1.54, 1.807) is 0 Å². The van der Waals surface area contributed by atoms with Crippen molar-refractivity contribution in [2.75, 3.05) is 4.90 Å². The molecule has 0 saturated heterocycles. The van der Waals surface area contributed by atoms with Gasteiger partial charge in [-0.3, -0.25) is 0 Å². The molecule has 0 N–H and O–H groups in total. The van der Waals surface area contributed by atoms with Gasteiger partial charge >= 0.3 is 0 Å². The van der Waals surface area contributed by atoms with Gasteiger partial charge in [-0.15, -0.1) is 11.3 Å². The standard InChI is InChI=1S/C42H29NS/c1-3-11-33(12-4-1)43(34-13-5-2-6-14-34)35-25-20-30(21-26-35)19-22-31-23-27-37(38-16-8-7-15-36(31)38)32-24-28-40-39-17-9-10-18-41(39)44-42(40)29-32/h1-29H/b22-19+/i19D,22D. The van der Waals surface area contributed by atoms with E-state index in [2.05, 4.69) is 89.8 Å². The fourth-order valence-corrected chi connectivity index (χ4v) is 7.13. The highest BCUT2D eigenvalue weighted by Gasteiger charge is 2.12. The van der Waals surface area contributed by atoms with Crippen molar-refractivity contribution < 1.29 is 2.74 Å². The fraction of sp³-hybridized carbons (Fsp3) is 0. The molecular weight excluding hydrogens is 551 g/mol. The molecule has 7 aromatic carbocycles. The molecule has 8 rings (SSSR count). The van der Waals surface area contributed by atoms with E-state index in [9.17, 15) is 1.37 Å². The summed E-state index contributed by atoms with van der Waals surface area (Å²) in [5.74, 6) is 0. The molecule has 0 aliphatic heterocycles. The first-order valence-corrected chi connectivity index (χ1v) is 15.6. The lowest BCUT2D eigenvalue weighted by atomic mass is 9.94. The smallest absolute Gasteiger partial charge is 0.0629 e. The summed E-state index contributed by atoms with van der Waals surface area (Å²) in [7, 11) is 0. The summed E-state index contributed by atoms with van der Waals surface area (Å²) in [5, 5.41) is 4.63. The van der Waals surface area contributed by atoms with E-state index in [1.165, 1.54) is 20.2 Å². The molecule has 44 heavy (non-hydrogen) atoms. The van der Waals surface area contributed by atoms with Gasteiger partial charge in [-0.25, -0.2) is 0 Å². The zero-order valence-corrected chi connectivity index (χ0v) is 24.8. The van der Waals surface area contributed by atoms with Gasteiger partial charge in [0.15, 0.2) is 0 Å². The van der Waals surface area contributed by atoms with Crippen LogP contribution in [0.15, 0.2) is 164 Å². The molecule has 0 fully saturated rings. The summed E-state index contributed by atoms with van der Waals surface area (Å²) in [6.07, 6.45) is 0. The Hall–Kier alpha value is -5.44. The molecule has 1 nitrogen and oxygen atoms in total. The van der Waals surface area contributed by atoms with E-state index >= 15 is 0 Å².